The van der Waals surface area contributed by atoms with Gasteiger partial charge in [-0.3, -0.25) is 0 Å². The summed E-state index contributed by atoms with van der Waals surface area (Å²) in [5.41, 5.74) is 0. The van der Waals surface area contributed by atoms with Gasteiger partial charge in [0.25, 0.3) is 0 Å². The van der Waals surface area contributed by atoms with E-state index in [1.54, 1.807) is 0 Å². The number of nitrogens with one attached hydrogen (secondary N) is 1. The van der Waals surface area contributed by atoms with Crippen LogP contribution in [0, 0.1) is 0 Å². The maximum Gasteiger partial charge on any atom is 0.0827 e. The molecule has 2 aliphatic heterocycles. The number of halogens is 2. The van der Waals surface area contributed by atoms with Crippen molar-refractivity contribution >= 4 is 24.8 Å². The van der Waals surface area contributed by atoms with E-state index >= 15 is 0 Å². The molecule has 2 heterocycles. The lowest BCUT2D eigenvalue weighted by Crippen LogP contribution is -2.52. The van der Waals surface area contributed by atoms with Crippen LogP contribution in [-0.2, 0) is 4.74 Å². The van der Waals surface area contributed by atoms with Gasteiger partial charge in [0, 0.05) is 19.6 Å². The second kappa shape index (κ2) is 6.85. The van der Waals surface area contributed by atoms with E-state index in [0.717, 1.165) is 19.6 Å². The Bertz CT molecular complexity index is 156. The van der Waals surface area contributed by atoms with Crippen molar-refractivity contribution in [2.45, 2.75) is 25.0 Å². The predicted octanol–water partition coefficient (Wildman–Crippen LogP) is 0.913. The minimum Gasteiger partial charge on any atom is -0.371 e. The van der Waals surface area contributed by atoms with Crippen LogP contribution in [0.25, 0.3) is 0 Å². The molecule has 2 fully saturated rings. The number of hydrogen-bond acceptors (Lipinski definition) is 3. The molecule has 0 radical (unpaired) electrons. The van der Waals surface area contributed by atoms with Gasteiger partial charge in [0.05, 0.1) is 12.2 Å². The summed E-state index contributed by atoms with van der Waals surface area (Å²) < 4.78 is 5.89. The second-order valence-electron chi connectivity index (χ2n) is 3.94. The Hall–Kier alpha value is 0.460. The fourth-order valence-corrected chi connectivity index (χ4v) is 1.86. The minimum atomic E-state index is 0. The molecule has 0 aromatic heterocycles. The molecular formula is C9H20Cl2N2O. The van der Waals surface area contributed by atoms with Crippen LogP contribution in [-0.4, -0.2) is 50.3 Å². The van der Waals surface area contributed by atoms with Crippen LogP contribution in [0.4, 0.5) is 0 Å². The number of ether oxygens (including phenoxy) is 1. The highest BCUT2D eigenvalue weighted by Crippen LogP contribution is 2.14. The van der Waals surface area contributed by atoms with Crippen LogP contribution in [0.3, 0.4) is 0 Å². The molecule has 0 spiro atoms. The van der Waals surface area contributed by atoms with E-state index in [1.165, 1.54) is 19.4 Å². The number of piperidine rings is 1. The number of nitrogens with zero attached hydrogens (tertiary/aromatic N) is 1. The number of likely N-dealkylation sites (N-methyl/N-ethyl adjacent to an activating group) is 1. The molecule has 0 amide bonds. The van der Waals surface area contributed by atoms with Gasteiger partial charge in [-0.25, -0.2) is 0 Å². The van der Waals surface area contributed by atoms with E-state index in [1.807, 2.05) is 0 Å². The molecule has 0 saturated carbocycles. The molecule has 3 nitrogen and oxygen atoms in total. The molecule has 1 unspecified atom stereocenters. The van der Waals surface area contributed by atoms with Gasteiger partial charge in [0.15, 0.2) is 0 Å². The maximum absolute atomic E-state index is 5.89. The van der Waals surface area contributed by atoms with Crippen LogP contribution in [0.1, 0.15) is 12.8 Å². The van der Waals surface area contributed by atoms with Crippen molar-refractivity contribution in [3.8, 4) is 0 Å². The van der Waals surface area contributed by atoms with Crippen LogP contribution in [0.2, 0.25) is 0 Å². The smallest absolute Gasteiger partial charge is 0.0827 e. The number of rotatable bonds is 2. The lowest BCUT2D eigenvalue weighted by Gasteiger charge is -2.36. The average molecular weight is 243 g/mol. The van der Waals surface area contributed by atoms with E-state index in [4.69, 9.17) is 4.74 Å². The van der Waals surface area contributed by atoms with Crippen LogP contribution in [0.5, 0.6) is 0 Å². The molecular weight excluding hydrogens is 223 g/mol. The largest absolute Gasteiger partial charge is 0.371 e. The summed E-state index contributed by atoms with van der Waals surface area (Å²) in [7, 11) is 2.18. The van der Waals surface area contributed by atoms with Crippen molar-refractivity contribution in [1.82, 2.24) is 10.2 Å². The van der Waals surface area contributed by atoms with Gasteiger partial charge < -0.3 is 15.0 Å². The van der Waals surface area contributed by atoms with Crippen molar-refractivity contribution < 1.29 is 4.74 Å². The maximum atomic E-state index is 5.89. The Morgan fingerprint density at radius 3 is 2.43 bits per heavy atom. The van der Waals surface area contributed by atoms with Crippen LogP contribution < -0.4 is 5.32 Å². The number of hydrogen-bond donors (Lipinski definition) is 1. The molecule has 86 valence electrons. The van der Waals surface area contributed by atoms with Gasteiger partial charge in [-0.2, -0.15) is 0 Å². The molecule has 1 atom stereocenters. The molecule has 2 rings (SSSR count). The number of likely N-dealkylation sites (tertiary alicyclic amines) is 1. The lowest BCUT2D eigenvalue weighted by molar-refractivity contribution is -0.0630. The zero-order chi connectivity index (χ0) is 8.39. The second-order valence-corrected chi connectivity index (χ2v) is 3.94. The van der Waals surface area contributed by atoms with Crippen molar-refractivity contribution in [3.05, 3.63) is 0 Å². The summed E-state index contributed by atoms with van der Waals surface area (Å²) in [6.07, 6.45) is 3.54. The lowest BCUT2D eigenvalue weighted by atomic mass is 10.1. The molecule has 0 aliphatic carbocycles. The van der Waals surface area contributed by atoms with Gasteiger partial charge >= 0.3 is 0 Å². The first kappa shape index (κ1) is 14.5. The summed E-state index contributed by atoms with van der Waals surface area (Å²) in [5.74, 6) is 0. The molecule has 1 N–H and O–H groups in total. The zero-order valence-corrected chi connectivity index (χ0v) is 10.2. The quantitative estimate of drug-likeness (QED) is 0.780. The Balaban J connectivity index is 0.000000845. The molecule has 2 saturated heterocycles. The summed E-state index contributed by atoms with van der Waals surface area (Å²) in [6, 6.07) is 0. The standard InChI is InChI=1S/C9H18N2O.2ClH/c1-11-4-2-3-8(7-11)12-9-5-10-6-9;;/h8-10H,2-7H2,1H3;2*1H. The third kappa shape index (κ3) is 3.91. The summed E-state index contributed by atoms with van der Waals surface area (Å²) in [6.45, 7) is 4.47. The molecule has 0 aromatic rings. The zero-order valence-electron chi connectivity index (χ0n) is 8.57. The van der Waals surface area contributed by atoms with E-state index in [0.29, 0.717) is 12.2 Å². The normalized spacial score (nSPS) is 28.5. The molecule has 0 bridgehead atoms. The Kier molecular flexibility index (Phi) is 7.08. The summed E-state index contributed by atoms with van der Waals surface area (Å²) >= 11 is 0. The molecule has 5 heteroatoms. The Morgan fingerprint density at radius 2 is 1.93 bits per heavy atom. The monoisotopic (exact) mass is 242 g/mol. The highest BCUT2D eigenvalue weighted by Gasteiger charge is 2.24. The van der Waals surface area contributed by atoms with Crippen molar-refractivity contribution in [1.29, 1.82) is 0 Å². The van der Waals surface area contributed by atoms with Gasteiger partial charge in [0.1, 0.15) is 0 Å². The molecule has 2 aliphatic rings. The predicted molar refractivity (Wildman–Crippen MR) is 62.8 cm³/mol. The molecule has 14 heavy (non-hydrogen) atoms. The first-order valence-electron chi connectivity index (χ1n) is 4.89. The van der Waals surface area contributed by atoms with Crippen LogP contribution in [0.15, 0.2) is 0 Å². The van der Waals surface area contributed by atoms with Gasteiger partial charge in [-0.1, -0.05) is 0 Å². The summed E-state index contributed by atoms with van der Waals surface area (Å²) in [5, 5.41) is 3.22. The van der Waals surface area contributed by atoms with Gasteiger partial charge in [-0.05, 0) is 26.4 Å². The SMILES string of the molecule is CN1CCCC(OC2CNC2)C1.Cl.Cl. The average Bonchev–Trinajstić information content (AvgIpc) is 1.97. The summed E-state index contributed by atoms with van der Waals surface area (Å²) in [4.78, 5) is 2.36. The van der Waals surface area contributed by atoms with E-state index < -0.39 is 0 Å². The van der Waals surface area contributed by atoms with E-state index in [2.05, 4.69) is 17.3 Å². The molecule has 0 aromatic carbocycles. The fraction of sp³-hybridized carbons (Fsp3) is 1.00. The van der Waals surface area contributed by atoms with Crippen LogP contribution >= 0.6 is 24.8 Å². The third-order valence-electron chi connectivity index (χ3n) is 2.71. The highest BCUT2D eigenvalue weighted by atomic mass is 35.5. The topological polar surface area (TPSA) is 24.5 Å². The van der Waals surface area contributed by atoms with Crippen molar-refractivity contribution in [2.24, 2.45) is 0 Å². The van der Waals surface area contributed by atoms with Gasteiger partial charge in [0.2, 0.25) is 0 Å². The highest BCUT2D eigenvalue weighted by molar-refractivity contribution is 5.85. The van der Waals surface area contributed by atoms with Gasteiger partial charge in [-0.15, -0.1) is 24.8 Å². The Morgan fingerprint density at radius 1 is 1.21 bits per heavy atom. The minimum absolute atomic E-state index is 0. The third-order valence-corrected chi connectivity index (χ3v) is 2.71. The Labute approximate surface area is 98.4 Å². The van der Waals surface area contributed by atoms with E-state index in [-0.39, 0.29) is 24.8 Å². The first-order chi connectivity index (χ1) is 5.84. The first-order valence-corrected chi connectivity index (χ1v) is 4.89. The van der Waals surface area contributed by atoms with E-state index in [9.17, 15) is 0 Å². The van der Waals surface area contributed by atoms with Crippen molar-refractivity contribution in [3.63, 3.8) is 0 Å². The van der Waals surface area contributed by atoms with Crippen molar-refractivity contribution in [2.75, 3.05) is 33.2 Å². The fourth-order valence-electron chi connectivity index (χ4n) is 1.86.